The summed E-state index contributed by atoms with van der Waals surface area (Å²) in [6.45, 7) is 0. The van der Waals surface area contributed by atoms with Crippen molar-refractivity contribution < 1.29 is 8.78 Å². The fourth-order valence-electron chi connectivity index (χ4n) is 3.83. The van der Waals surface area contributed by atoms with Crippen molar-refractivity contribution in [3.05, 3.63) is 108 Å². The normalized spacial score (nSPS) is 10.8. The minimum Gasteiger partial charge on any atom is -0.237 e. The third kappa shape index (κ3) is 3.38. The number of aromatic nitrogens is 2. The van der Waals surface area contributed by atoms with Crippen molar-refractivity contribution in [2.75, 3.05) is 0 Å². The number of nitrogens with zero attached hydrogens (tertiary/aromatic N) is 3. The fourth-order valence-corrected chi connectivity index (χ4v) is 3.83. The number of rotatable bonds is 3. The van der Waals surface area contributed by atoms with Crippen molar-refractivity contribution in [2.45, 2.75) is 0 Å². The zero-order valence-electron chi connectivity index (χ0n) is 16.8. The largest absolute Gasteiger partial charge is 0.237 e. The maximum Gasteiger partial charge on any atom is 0.160 e. The first kappa shape index (κ1) is 19.5. The van der Waals surface area contributed by atoms with Crippen molar-refractivity contribution >= 4 is 11.0 Å². The maximum atomic E-state index is 14.2. The highest BCUT2D eigenvalue weighted by Gasteiger charge is 2.13. The predicted octanol–water partition coefficient (Wildman–Crippen LogP) is 6.78. The fraction of sp³-hybridized carbons (Fsp3) is 0. The molecule has 152 valence electrons. The molecular weight excluding hydrogens is 404 g/mol. The lowest BCUT2D eigenvalue weighted by molar-refractivity contribution is 0.624. The van der Waals surface area contributed by atoms with E-state index in [9.17, 15) is 14.0 Å². The molecule has 5 rings (SSSR count). The Balaban J connectivity index is 1.64. The van der Waals surface area contributed by atoms with Gasteiger partial charge in [0.05, 0.1) is 11.3 Å². The van der Waals surface area contributed by atoms with Crippen LogP contribution in [0.3, 0.4) is 0 Å². The van der Waals surface area contributed by atoms with Gasteiger partial charge in [0, 0.05) is 22.7 Å². The van der Waals surface area contributed by atoms with E-state index in [1.165, 1.54) is 12.1 Å². The number of hydrogen-bond donors (Lipinski definition) is 0. The highest BCUT2D eigenvalue weighted by molar-refractivity contribution is 5.94. The number of halogens is 2. The SMILES string of the molecule is N#Cc1c(F)cccc1-c1cccc(-c2ccnc3nc(-c4ccccc4F)ccc23)c1. The van der Waals surface area contributed by atoms with E-state index in [4.69, 9.17) is 0 Å². The Morgan fingerprint density at radius 1 is 0.688 bits per heavy atom. The molecule has 0 fully saturated rings. The summed E-state index contributed by atoms with van der Waals surface area (Å²) < 4.78 is 28.3. The summed E-state index contributed by atoms with van der Waals surface area (Å²) in [4.78, 5) is 8.94. The van der Waals surface area contributed by atoms with Crippen LogP contribution in [-0.2, 0) is 0 Å². The molecular formula is C27H15F2N3. The van der Waals surface area contributed by atoms with Gasteiger partial charge >= 0.3 is 0 Å². The first-order valence-corrected chi connectivity index (χ1v) is 9.96. The monoisotopic (exact) mass is 419 g/mol. The quantitative estimate of drug-likeness (QED) is 0.324. The van der Waals surface area contributed by atoms with Crippen LogP contribution in [0.2, 0.25) is 0 Å². The summed E-state index contributed by atoms with van der Waals surface area (Å²) in [5.41, 5.74) is 4.47. The van der Waals surface area contributed by atoms with E-state index in [1.807, 2.05) is 42.5 Å². The molecule has 0 bridgehead atoms. The first-order valence-electron chi connectivity index (χ1n) is 9.96. The van der Waals surface area contributed by atoms with Gasteiger partial charge in [-0.15, -0.1) is 0 Å². The third-order valence-corrected chi connectivity index (χ3v) is 5.36. The van der Waals surface area contributed by atoms with Gasteiger partial charge in [-0.05, 0) is 59.2 Å². The van der Waals surface area contributed by atoms with Crippen LogP contribution < -0.4 is 0 Å². The van der Waals surface area contributed by atoms with Gasteiger partial charge in [0.15, 0.2) is 5.65 Å². The van der Waals surface area contributed by atoms with Crippen molar-refractivity contribution in [1.29, 1.82) is 5.26 Å². The molecule has 5 heteroatoms. The van der Waals surface area contributed by atoms with Crippen molar-refractivity contribution in [1.82, 2.24) is 9.97 Å². The standard InChI is InChI=1S/C27H15F2N3/c28-24-9-2-1-7-22(24)26-12-11-21-20(13-14-31-27(21)32-26)18-6-3-5-17(15-18)19-8-4-10-25(29)23(19)16-30/h1-15H. The van der Waals surface area contributed by atoms with E-state index in [2.05, 4.69) is 9.97 Å². The molecule has 0 saturated heterocycles. The summed E-state index contributed by atoms with van der Waals surface area (Å²) >= 11 is 0. The van der Waals surface area contributed by atoms with E-state index in [0.29, 0.717) is 22.5 Å². The van der Waals surface area contributed by atoms with Crippen LogP contribution in [0.15, 0.2) is 91.1 Å². The average molecular weight is 419 g/mol. The third-order valence-electron chi connectivity index (χ3n) is 5.36. The van der Waals surface area contributed by atoms with Gasteiger partial charge in [-0.25, -0.2) is 18.7 Å². The number of pyridine rings is 2. The second-order valence-electron chi connectivity index (χ2n) is 7.26. The van der Waals surface area contributed by atoms with Gasteiger partial charge in [-0.3, -0.25) is 0 Å². The second kappa shape index (κ2) is 8.01. The first-order chi connectivity index (χ1) is 15.7. The molecule has 0 N–H and O–H groups in total. The minimum absolute atomic E-state index is 0.0143. The van der Waals surface area contributed by atoms with Crippen molar-refractivity contribution in [3.8, 4) is 39.6 Å². The Labute approximate surface area is 183 Å². The molecule has 0 amide bonds. The van der Waals surface area contributed by atoms with Crippen molar-refractivity contribution in [2.24, 2.45) is 0 Å². The lowest BCUT2D eigenvalue weighted by Crippen LogP contribution is -1.93. The zero-order chi connectivity index (χ0) is 22.1. The van der Waals surface area contributed by atoms with Gasteiger partial charge < -0.3 is 0 Å². The van der Waals surface area contributed by atoms with E-state index in [-0.39, 0.29) is 11.4 Å². The van der Waals surface area contributed by atoms with E-state index in [1.54, 1.807) is 42.6 Å². The van der Waals surface area contributed by atoms with E-state index in [0.717, 1.165) is 22.1 Å². The number of nitriles is 1. The van der Waals surface area contributed by atoms with Crippen LogP contribution in [0.5, 0.6) is 0 Å². The lowest BCUT2D eigenvalue weighted by Gasteiger charge is -2.11. The van der Waals surface area contributed by atoms with Crippen molar-refractivity contribution in [3.63, 3.8) is 0 Å². The molecule has 0 unspecified atom stereocenters. The molecule has 2 aromatic heterocycles. The molecule has 0 aliphatic heterocycles. The topological polar surface area (TPSA) is 49.6 Å². The highest BCUT2D eigenvalue weighted by atomic mass is 19.1. The summed E-state index contributed by atoms with van der Waals surface area (Å²) in [5.74, 6) is -0.888. The Morgan fingerprint density at radius 2 is 1.41 bits per heavy atom. The van der Waals surface area contributed by atoms with Crippen LogP contribution in [0.4, 0.5) is 8.78 Å². The molecule has 0 radical (unpaired) electrons. The maximum absolute atomic E-state index is 14.2. The number of benzene rings is 3. The van der Waals surface area contributed by atoms with Gasteiger partial charge in [-0.1, -0.05) is 42.5 Å². The number of hydrogen-bond acceptors (Lipinski definition) is 3. The molecule has 3 nitrogen and oxygen atoms in total. The number of fused-ring (bicyclic) bond motifs is 1. The Kier molecular flexibility index (Phi) is 4.89. The molecule has 0 atom stereocenters. The molecule has 0 aliphatic rings. The smallest absolute Gasteiger partial charge is 0.160 e. The molecule has 0 spiro atoms. The summed E-state index contributed by atoms with van der Waals surface area (Å²) in [7, 11) is 0. The second-order valence-corrected chi connectivity index (χ2v) is 7.26. The molecule has 0 saturated carbocycles. The van der Waals surface area contributed by atoms with Crippen LogP contribution in [0.25, 0.3) is 44.5 Å². The Bertz CT molecular complexity index is 1520. The zero-order valence-corrected chi connectivity index (χ0v) is 16.8. The van der Waals surface area contributed by atoms with E-state index >= 15 is 0 Å². The molecule has 3 aromatic carbocycles. The average Bonchev–Trinajstić information content (AvgIpc) is 2.83. The van der Waals surface area contributed by atoms with Gasteiger partial charge in [0.2, 0.25) is 0 Å². The van der Waals surface area contributed by atoms with Gasteiger partial charge in [-0.2, -0.15) is 5.26 Å². The summed E-state index contributed by atoms with van der Waals surface area (Å²) in [6, 6.07) is 26.1. The molecule has 5 aromatic rings. The van der Waals surface area contributed by atoms with E-state index < -0.39 is 5.82 Å². The highest BCUT2D eigenvalue weighted by Crippen LogP contribution is 2.33. The summed E-state index contributed by atoms with van der Waals surface area (Å²) in [5, 5.41) is 10.2. The van der Waals surface area contributed by atoms with Gasteiger partial charge in [0.1, 0.15) is 17.7 Å². The molecule has 0 aliphatic carbocycles. The molecule has 32 heavy (non-hydrogen) atoms. The Hall–Kier alpha value is -4.43. The Morgan fingerprint density at radius 3 is 2.22 bits per heavy atom. The van der Waals surface area contributed by atoms with Gasteiger partial charge in [0.25, 0.3) is 0 Å². The molecule has 2 heterocycles. The predicted molar refractivity (Wildman–Crippen MR) is 120 cm³/mol. The van der Waals surface area contributed by atoms with Crippen LogP contribution in [0, 0.1) is 23.0 Å². The summed E-state index contributed by atoms with van der Waals surface area (Å²) in [6.07, 6.45) is 1.66. The van der Waals surface area contributed by atoms with Crippen LogP contribution in [0.1, 0.15) is 5.56 Å². The van der Waals surface area contributed by atoms with Crippen LogP contribution >= 0.6 is 0 Å². The minimum atomic E-state index is -0.547. The lowest BCUT2D eigenvalue weighted by atomic mass is 9.95. The van der Waals surface area contributed by atoms with Crippen LogP contribution in [-0.4, -0.2) is 9.97 Å².